The van der Waals surface area contributed by atoms with E-state index in [1.165, 1.54) is 10.8 Å². The summed E-state index contributed by atoms with van der Waals surface area (Å²) in [5, 5.41) is 4.65. The number of fused-ring (bicyclic) bond motifs is 6. The van der Waals surface area contributed by atoms with E-state index in [4.69, 9.17) is 4.98 Å². The quantitative estimate of drug-likeness (QED) is 0.147. The van der Waals surface area contributed by atoms with Crippen LogP contribution in [0.25, 0.3) is 60.8 Å². The van der Waals surface area contributed by atoms with E-state index in [9.17, 15) is 0 Å². The predicted octanol–water partition coefficient (Wildman–Crippen LogP) is 6.95. The molecule has 39 heavy (non-hydrogen) atoms. The van der Waals surface area contributed by atoms with Crippen LogP contribution in [0.4, 0.5) is 0 Å². The third-order valence-corrected chi connectivity index (χ3v) is 7.16. The fourth-order valence-corrected chi connectivity index (χ4v) is 5.53. The number of hydrogen-bond donors (Lipinski definition) is 0. The van der Waals surface area contributed by atoms with Crippen molar-refractivity contribution >= 4 is 43.7 Å². The van der Waals surface area contributed by atoms with Crippen LogP contribution in [-0.4, -0.2) is 14.1 Å². The van der Waals surface area contributed by atoms with Crippen molar-refractivity contribution in [1.29, 1.82) is 0 Å². The van der Waals surface area contributed by atoms with Gasteiger partial charge in [0.2, 0.25) is 0 Å². The maximum Gasteiger partial charge on any atom is 0.150 e. The molecule has 0 N–H and O–H groups in total. The molecule has 0 aliphatic carbocycles. The van der Waals surface area contributed by atoms with Gasteiger partial charge in [-0.15, -0.1) is 41.8 Å². The van der Waals surface area contributed by atoms with Crippen molar-refractivity contribution in [3.8, 4) is 17.1 Å². The molecule has 0 saturated carbocycles. The largest absolute Gasteiger partial charge is 0.359 e. The monoisotopic (exact) mass is 679 g/mol. The number of nitrogens with zero attached hydrogens (tertiary/aromatic N) is 4. The predicted molar refractivity (Wildman–Crippen MR) is 151 cm³/mol. The molecule has 0 fully saturated rings. The van der Waals surface area contributed by atoms with E-state index >= 15 is 0 Å². The average molecular weight is 680 g/mol. The standard InChI is InChI=1S/C34H20N4.Pt/c1-6-20-36(21-7-1)24-10-8-11-25(22-24)37-31-15-4-2-12-27(31)29-18-17-26(23-33(29)37)38-32-16-5-3-13-28(32)30-14-9-19-35-34(30)38;/h1-20H;/q-2;. The smallest absolute Gasteiger partial charge is 0.150 e. The third-order valence-electron chi connectivity index (χ3n) is 7.16. The molecule has 0 aliphatic rings. The van der Waals surface area contributed by atoms with Crippen molar-refractivity contribution in [2.75, 3.05) is 0 Å². The molecule has 0 bridgehead atoms. The van der Waals surface area contributed by atoms with Gasteiger partial charge in [-0.3, -0.25) is 0 Å². The first-order valence-corrected chi connectivity index (χ1v) is 12.6. The minimum absolute atomic E-state index is 0. The zero-order valence-electron chi connectivity index (χ0n) is 20.7. The molecular weight excluding hydrogens is 659 g/mol. The van der Waals surface area contributed by atoms with E-state index < -0.39 is 0 Å². The topological polar surface area (TPSA) is 26.6 Å². The molecule has 0 radical (unpaired) electrons. The van der Waals surface area contributed by atoms with Gasteiger partial charge in [-0.05, 0) is 29.7 Å². The Morgan fingerprint density at radius 1 is 0.590 bits per heavy atom. The third kappa shape index (κ3) is 3.64. The zero-order chi connectivity index (χ0) is 25.1. The van der Waals surface area contributed by atoms with Crippen molar-refractivity contribution in [1.82, 2.24) is 14.1 Å². The molecule has 0 spiro atoms. The van der Waals surface area contributed by atoms with Crippen LogP contribution < -0.4 is 4.57 Å². The summed E-state index contributed by atoms with van der Waals surface area (Å²) in [5.41, 5.74) is 6.99. The van der Waals surface area contributed by atoms with Crippen LogP contribution in [0.1, 0.15) is 0 Å². The maximum atomic E-state index is 4.77. The van der Waals surface area contributed by atoms with Gasteiger partial charge in [-0.2, -0.15) is 12.1 Å². The molecule has 4 heterocycles. The first kappa shape index (κ1) is 23.6. The van der Waals surface area contributed by atoms with Crippen LogP contribution in [0.2, 0.25) is 0 Å². The molecule has 4 nitrogen and oxygen atoms in total. The zero-order valence-corrected chi connectivity index (χ0v) is 22.9. The van der Waals surface area contributed by atoms with Gasteiger partial charge in [-0.1, -0.05) is 65.4 Å². The molecule has 0 unspecified atom stereocenters. The van der Waals surface area contributed by atoms with Gasteiger partial charge in [0, 0.05) is 49.2 Å². The fourth-order valence-electron chi connectivity index (χ4n) is 5.53. The van der Waals surface area contributed by atoms with Crippen molar-refractivity contribution in [2.24, 2.45) is 0 Å². The van der Waals surface area contributed by atoms with E-state index in [-0.39, 0.29) is 21.1 Å². The second-order valence-corrected chi connectivity index (χ2v) is 9.31. The summed E-state index contributed by atoms with van der Waals surface area (Å²) in [7, 11) is 0. The van der Waals surface area contributed by atoms with Gasteiger partial charge < -0.3 is 13.7 Å². The van der Waals surface area contributed by atoms with Gasteiger partial charge >= 0.3 is 0 Å². The van der Waals surface area contributed by atoms with Crippen LogP contribution in [0.5, 0.6) is 0 Å². The fraction of sp³-hybridized carbons (Fsp3) is 0. The number of para-hydroxylation sites is 2. The van der Waals surface area contributed by atoms with E-state index in [1.54, 1.807) is 0 Å². The number of pyridine rings is 2. The van der Waals surface area contributed by atoms with Gasteiger partial charge in [0.05, 0.1) is 11.7 Å². The minimum atomic E-state index is 0. The van der Waals surface area contributed by atoms with E-state index in [0.717, 1.165) is 50.0 Å². The van der Waals surface area contributed by atoms with E-state index in [2.05, 4.69) is 106 Å². The summed E-state index contributed by atoms with van der Waals surface area (Å²) >= 11 is 0. The van der Waals surface area contributed by atoms with Crippen LogP contribution >= 0.6 is 0 Å². The molecule has 188 valence electrons. The molecule has 4 aromatic carbocycles. The Hall–Kier alpha value is -4.53. The first-order chi connectivity index (χ1) is 18.9. The van der Waals surface area contributed by atoms with Gasteiger partial charge in [0.15, 0.2) is 0 Å². The average Bonchev–Trinajstić information content (AvgIpc) is 3.50. The Bertz CT molecular complexity index is 2090. The second-order valence-electron chi connectivity index (χ2n) is 9.31. The van der Waals surface area contributed by atoms with Crippen molar-refractivity contribution in [3.63, 3.8) is 0 Å². The van der Waals surface area contributed by atoms with E-state index in [0.29, 0.717) is 0 Å². The Morgan fingerprint density at radius 3 is 2.15 bits per heavy atom. The summed E-state index contributed by atoms with van der Waals surface area (Å²) in [6, 6.07) is 44.9. The summed E-state index contributed by atoms with van der Waals surface area (Å²) in [6.45, 7) is 0. The van der Waals surface area contributed by atoms with E-state index in [1.807, 2.05) is 47.3 Å². The molecular formula is C34H20N4Pt-2. The van der Waals surface area contributed by atoms with Gasteiger partial charge in [0.1, 0.15) is 11.8 Å². The molecule has 0 atom stereocenters. The summed E-state index contributed by atoms with van der Waals surface area (Å²) < 4.78 is 6.42. The van der Waals surface area contributed by atoms with Crippen molar-refractivity contribution < 1.29 is 25.6 Å². The van der Waals surface area contributed by atoms with Gasteiger partial charge in [0.25, 0.3) is 0 Å². The summed E-state index contributed by atoms with van der Waals surface area (Å²) in [5.74, 6) is 0. The summed E-state index contributed by atoms with van der Waals surface area (Å²) in [6.07, 6.45) is 7.09. The normalized spacial score (nSPS) is 11.4. The second kappa shape index (κ2) is 9.34. The molecule has 0 amide bonds. The molecule has 0 saturated heterocycles. The number of hydrogen-bond acceptors (Lipinski definition) is 1. The van der Waals surface area contributed by atoms with Crippen molar-refractivity contribution in [3.05, 3.63) is 140 Å². The van der Waals surface area contributed by atoms with Crippen LogP contribution in [0.15, 0.2) is 122 Å². The van der Waals surface area contributed by atoms with Crippen LogP contribution in [0.3, 0.4) is 0 Å². The molecule has 4 aromatic heterocycles. The van der Waals surface area contributed by atoms with Crippen molar-refractivity contribution in [2.45, 2.75) is 0 Å². The number of rotatable bonds is 3. The van der Waals surface area contributed by atoms with Gasteiger partial charge in [-0.25, -0.2) is 4.98 Å². The first-order valence-electron chi connectivity index (χ1n) is 12.6. The Morgan fingerprint density at radius 2 is 1.33 bits per heavy atom. The Labute approximate surface area is 239 Å². The van der Waals surface area contributed by atoms with Crippen LogP contribution in [0, 0.1) is 18.3 Å². The minimum Gasteiger partial charge on any atom is -0.359 e. The summed E-state index contributed by atoms with van der Waals surface area (Å²) in [4.78, 5) is 4.77. The number of benzene rings is 4. The molecule has 8 rings (SSSR count). The maximum absolute atomic E-state index is 4.77. The molecule has 0 aliphatic heterocycles. The number of aromatic nitrogens is 4. The Kier molecular flexibility index (Phi) is 5.64. The molecule has 8 aromatic rings. The molecule has 5 heteroatoms. The Balaban J connectivity index is 0.00000253. The van der Waals surface area contributed by atoms with Crippen LogP contribution in [-0.2, 0) is 21.1 Å². The SMILES string of the molecule is [Pt].[c-]1c(-n2c3[c-]c(-n4c5ccccc5c5cccnc54)ccc3c3ccccc32)cccc1-[n+]1[c-]cccc1.